The van der Waals surface area contributed by atoms with E-state index in [4.69, 9.17) is 9.72 Å². The van der Waals surface area contributed by atoms with Crippen molar-refractivity contribution in [3.63, 3.8) is 0 Å². The number of aryl methyl sites for hydroxylation is 2. The van der Waals surface area contributed by atoms with Gasteiger partial charge >= 0.3 is 0 Å². The number of nitrogens with zero attached hydrogens (tertiary/aromatic N) is 3. The second-order valence-corrected chi connectivity index (χ2v) is 9.43. The molecule has 0 unspecified atom stereocenters. The van der Waals surface area contributed by atoms with Crippen LogP contribution in [0.5, 0.6) is 11.5 Å². The molecule has 4 rings (SSSR count). The Morgan fingerprint density at radius 3 is 2.39 bits per heavy atom. The van der Waals surface area contributed by atoms with Crippen LogP contribution in [0.15, 0.2) is 66.7 Å². The van der Waals surface area contributed by atoms with Crippen molar-refractivity contribution in [1.82, 2.24) is 9.88 Å². The van der Waals surface area contributed by atoms with Crippen molar-refractivity contribution in [3.05, 3.63) is 83.4 Å². The molecule has 0 aliphatic carbocycles. The van der Waals surface area contributed by atoms with Crippen molar-refractivity contribution < 1.29 is 9.53 Å². The van der Waals surface area contributed by atoms with Crippen LogP contribution >= 0.6 is 11.3 Å². The minimum absolute atomic E-state index is 0.104. The predicted molar refractivity (Wildman–Crippen MR) is 137 cm³/mol. The van der Waals surface area contributed by atoms with Gasteiger partial charge in [-0.05, 0) is 88.4 Å². The zero-order valence-corrected chi connectivity index (χ0v) is 20.4. The van der Waals surface area contributed by atoms with Crippen LogP contribution in [0.25, 0.3) is 10.2 Å². The Balaban J connectivity index is 1.70. The molecule has 0 aliphatic heterocycles. The maximum absolute atomic E-state index is 13.8. The Morgan fingerprint density at radius 2 is 1.64 bits per heavy atom. The highest BCUT2D eigenvalue weighted by molar-refractivity contribution is 7.22. The lowest BCUT2D eigenvalue weighted by Crippen LogP contribution is -2.33. The molecular weight excluding hydrogens is 430 g/mol. The van der Waals surface area contributed by atoms with Crippen LogP contribution in [0, 0.1) is 13.8 Å². The number of hydrogen-bond acceptors (Lipinski definition) is 5. The third-order valence-electron chi connectivity index (χ3n) is 5.54. The van der Waals surface area contributed by atoms with E-state index in [1.165, 1.54) is 11.1 Å². The highest BCUT2D eigenvalue weighted by atomic mass is 32.1. The maximum atomic E-state index is 13.8. The van der Waals surface area contributed by atoms with Gasteiger partial charge in [-0.1, -0.05) is 41.7 Å². The number of aromatic nitrogens is 1. The predicted octanol–water partition coefficient (Wildman–Crippen LogP) is 6.30. The molecule has 4 aromatic rings. The topological polar surface area (TPSA) is 45.7 Å². The molecule has 33 heavy (non-hydrogen) atoms. The zero-order chi connectivity index (χ0) is 23.4. The van der Waals surface area contributed by atoms with Gasteiger partial charge in [-0.25, -0.2) is 4.98 Å². The van der Waals surface area contributed by atoms with Crippen LogP contribution in [-0.4, -0.2) is 43.0 Å². The van der Waals surface area contributed by atoms with E-state index < -0.39 is 0 Å². The zero-order valence-electron chi connectivity index (χ0n) is 19.5. The second-order valence-electron chi connectivity index (χ2n) is 8.43. The largest absolute Gasteiger partial charge is 0.457 e. The first-order chi connectivity index (χ1) is 15.9. The summed E-state index contributed by atoms with van der Waals surface area (Å²) in [5, 5.41) is 0.716. The van der Waals surface area contributed by atoms with E-state index in [0.29, 0.717) is 28.7 Å². The summed E-state index contributed by atoms with van der Waals surface area (Å²) in [5.41, 5.74) is 3.88. The Bertz CT molecular complexity index is 1210. The van der Waals surface area contributed by atoms with Gasteiger partial charge in [0.25, 0.3) is 5.91 Å². The summed E-state index contributed by atoms with van der Waals surface area (Å²) >= 11 is 1.56. The van der Waals surface area contributed by atoms with Gasteiger partial charge < -0.3 is 9.64 Å². The normalized spacial score (nSPS) is 11.2. The lowest BCUT2D eigenvalue weighted by atomic mass is 10.1. The molecule has 0 radical (unpaired) electrons. The average Bonchev–Trinajstić information content (AvgIpc) is 3.19. The first-order valence-corrected chi connectivity index (χ1v) is 11.9. The van der Waals surface area contributed by atoms with Crippen LogP contribution in [0.1, 0.15) is 27.9 Å². The second kappa shape index (κ2) is 10.1. The van der Waals surface area contributed by atoms with Crippen molar-refractivity contribution >= 4 is 32.6 Å². The molecular formula is C27H29N3O2S. The monoisotopic (exact) mass is 459 g/mol. The fourth-order valence-electron chi connectivity index (χ4n) is 3.61. The first kappa shape index (κ1) is 23.0. The quantitative estimate of drug-likeness (QED) is 0.310. The molecule has 0 spiro atoms. The number of hydrogen-bond donors (Lipinski definition) is 0. The van der Waals surface area contributed by atoms with Crippen molar-refractivity contribution in [2.75, 3.05) is 32.1 Å². The Morgan fingerprint density at radius 1 is 0.939 bits per heavy atom. The molecule has 6 heteroatoms. The Hall–Kier alpha value is -3.22. The molecule has 3 aromatic carbocycles. The number of carbonyl (C=O) groups excluding carboxylic acids is 1. The van der Waals surface area contributed by atoms with Crippen LogP contribution in [-0.2, 0) is 0 Å². The molecule has 170 valence electrons. The minimum atomic E-state index is -0.104. The lowest BCUT2D eigenvalue weighted by Gasteiger charge is -2.22. The fraction of sp³-hybridized carbons (Fsp3) is 0.259. The van der Waals surface area contributed by atoms with Gasteiger partial charge in [0.1, 0.15) is 11.5 Å². The summed E-state index contributed by atoms with van der Waals surface area (Å²) in [6.45, 7) is 5.65. The van der Waals surface area contributed by atoms with E-state index in [-0.39, 0.29) is 5.91 Å². The number of amides is 1. The third-order valence-corrected chi connectivity index (χ3v) is 6.59. The van der Waals surface area contributed by atoms with Crippen molar-refractivity contribution in [3.8, 4) is 11.5 Å². The van der Waals surface area contributed by atoms with Crippen molar-refractivity contribution in [2.24, 2.45) is 0 Å². The molecule has 5 nitrogen and oxygen atoms in total. The first-order valence-electron chi connectivity index (χ1n) is 11.1. The van der Waals surface area contributed by atoms with Gasteiger partial charge in [-0.2, -0.15) is 0 Å². The number of para-hydroxylation sites is 2. The third kappa shape index (κ3) is 5.41. The number of benzene rings is 3. The van der Waals surface area contributed by atoms with Crippen LogP contribution in [0.2, 0.25) is 0 Å². The van der Waals surface area contributed by atoms with Crippen molar-refractivity contribution in [1.29, 1.82) is 0 Å². The highest BCUT2D eigenvalue weighted by Gasteiger charge is 2.24. The maximum Gasteiger partial charge on any atom is 0.263 e. The summed E-state index contributed by atoms with van der Waals surface area (Å²) in [6, 6.07) is 21.2. The van der Waals surface area contributed by atoms with Gasteiger partial charge in [-0.3, -0.25) is 9.69 Å². The summed E-state index contributed by atoms with van der Waals surface area (Å²) in [5.74, 6) is 1.13. The van der Waals surface area contributed by atoms with Crippen LogP contribution in [0.4, 0.5) is 5.13 Å². The lowest BCUT2D eigenvalue weighted by molar-refractivity contribution is 0.0984. The van der Waals surface area contributed by atoms with E-state index in [2.05, 4.69) is 30.9 Å². The van der Waals surface area contributed by atoms with Gasteiger partial charge in [0.15, 0.2) is 5.13 Å². The molecule has 1 heterocycles. The van der Waals surface area contributed by atoms with E-state index >= 15 is 0 Å². The van der Waals surface area contributed by atoms with Crippen LogP contribution in [0.3, 0.4) is 0 Å². The molecule has 1 aromatic heterocycles. The summed E-state index contributed by atoms with van der Waals surface area (Å²) in [6.07, 6.45) is 0.842. The highest BCUT2D eigenvalue weighted by Crippen LogP contribution is 2.33. The van der Waals surface area contributed by atoms with Crippen molar-refractivity contribution in [2.45, 2.75) is 20.3 Å². The van der Waals surface area contributed by atoms with E-state index in [1.807, 2.05) is 68.7 Å². The van der Waals surface area contributed by atoms with Gasteiger partial charge in [-0.15, -0.1) is 0 Å². The summed E-state index contributed by atoms with van der Waals surface area (Å²) < 4.78 is 7.17. The molecule has 0 atom stereocenters. The van der Waals surface area contributed by atoms with Gasteiger partial charge in [0, 0.05) is 6.54 Å². The number of anilines is 1. The van der Waals surface area contributed by atoms with E-state index in [1.54, 1.807) is 16.2 Å². The number of ether oxygens (including phenoxy) is 1. The average molecular weight is 460 g/mol. The molecule has 0 aliphatic rings. The smallest absolute Gasteiger partial charge is 0.263 e. The Kier molecular flexibility index (Phi) is 7.06. The molecule has 0 saturated heterocycles. The number of thiazole rings is 1. The SMILES string of the molecule is Cc1cc2nc(N(CCCN(C)C)C(=O)c3ccccc3Oc3ccccc3)sc2cc1C. The molecule has 0 bridgehead atoms. The standard InChI is InChI=1S/C27H29N3O2S/c1-19-17-23-25(18-20(19)2)33-27(28-23)30(16-10-15-29(3)4)26(31)22-13-8-9-14-24(22)32-21-11-6-5-7-12-21/h5-9,11-14,17-18H,10,15-16H2,1-4H3. The number of carbonyl (C=O) groups is 1. The fourth-order valence-corrected chi connectivity index (χ4v) is 4.68. The molecule has 1 amide bonds. The number of rotatable bonds is 8. The van der Waals surface area contributed by atoms with E-state index in [0.717, 1.165) is 23.2 Å². The number of fused-ring (bicyclic) bond motifs is 1. The molecule has 0 N–H and O–H groups in total. The summed E-state index contributed by atoms with van der Waals surface area (Å²) in [7, 11) is 4.08. The Labute approximate surface area is 199 Å². The summed E-state index contributed by atoms with van der Waals surface area (Å²) in [4.78, 5) is 22.6. The minimum Gasteiger partial charge on any atom is -0.457 e. The van der Waals surface area contributed by atoms with Gasteiger partial charge in [0.05, 0.1) is 15.8 Å². The van der Waals surface area contributed by atoms with Crippen LogP contribution < -0.4 is 9.64 Å². The molecule has 0 fully saturated rings. The van der Waals surface area contributed by atoms with E-state index in [9.17, 15) is 4.79 Å². The molecule has 0 saturated carbocycles. The van der Waals surface area contributed by atoms with Gasteiger partial charge in [0.2, 0.25) is 0 Å².